The maximum absolute atomic E-state index is 14.0. The van der Waals surface area contributed by atoms with E-state index >= 15 is 0 Å². The largest absolute Gasteiger partial charge is 0.366 e. The van der Waals surface area contributed by atoms with Crippen molar-refractivity contribution < 1.29 is 14.4 Å². The lowest BCUT2D eigenvalue weighted by Crippen LogP contribution is -2.26. The first-order valence-electron chi connectivity index (χ1n) is 10.7. The molecule has 1 unspecified atom stereocenters. The zero-order valence-corrected chi connectivity index (χ0v) is 18.7. The van der Waals surface area contributed by atoms with Crippen LogP contribution in [0.15, 0.2) is 61.4 Å². The highest BCUT2D eigenvalue weighted by atomic mass is 16.2. The second-order valence-corrected chi connectivity index (χ2v) is 8.31. The van der Waals surface area contributed by atoms with E-state index in [1.807, 2.05) is 13.8 Å². The van der Waals surface area contributed by atoms with Gasteiger partial charge in [0.15, 0.2) is 5.78 Å². The summed E-state index contributed by atoms with van der Waals surface area (Å²) in [6.45, 7) is 3.75. The van der Waals surface area contributed by atoms with Crippen molar-refractivity contribution in [3.05, 3.63) is 83.7 Å². The van der Waals surface area contributed by atoms with Gasteiger partial charge in [-0.1, -0.05) is 26.0 Å². The van der Waals surface area contributed by atoms with E-state index in [0.29, 0.717) is 16.8 Å². The molecule has 34 heavy (non-hydrogen) atoms. The molecule has 6 N–H and O–H groups in total. The third-order valence-electron chi connectivity index (χ3n) is 5.77. The molecule has 9 heteroatoms. The number of primary amides is 2. The highest BCUT2D eigenvalue weighted by Gasteiger charge is 2.31. The Morgan fingerprint density at radius 1 is 0.765 bits per heavy atom. The maximum atomic E-state index is 14.0. The molecule has 1 atom stereocenters. The number of carbonyl (C=O) groups excluding carboxylic acids is 3. The zero-order valence-electron chi connectivity index (χ0n) is 18.7. The molecule has 4 rings (SSSR count). The predicted molar refractivity (Wildman–Crippen MR) is 127 cm³/mol. The molecule has 2 aromatic carbocycles. The summed E-state index contributed by atoms with van der Waals surface area (Å²) in [5.74, 6) is -2.69. The van der Waals surface area contributed by atoms with Gasteiger partial charge in [-0.05, 0) is 41.3 Å². The van der Waals surface area contributed by atoms with Crippen LogP contribution in [0, 0.1) is 5.92 Å². The van der Waals surface area contributed by atoms with Crippen LogP contribution in [0.25, 0.3) is 22.5 Å². The first-order chi connectivity index (χ1) is 16.3. The van der Waals surface area contributed by atoms with Crippen molar-refractivity contribution in [2.45, 2.75) is 19.8 Å². The fourth-order valence-electron chi connectivity index (χ4n) is 4.14. The second-order valence-electron chi connectivity index (χ2n) is 8.31. The van der Waals surface area contributed by atoms with Crippen LogP contribution >= 0.6 is 0 Å². The molecule has 0 spiro atoms. The molecule has 0 aliphatic carbocycles. The van der Waals surface area contributed by atoms with Gasteiger partial charge >= 0.3 is 0 Å². The van der Waals surface area contributed by atoms with Crippen LogP contribution in [0.2, 0.25) is 0 Å². The molecule has 172 valence electrons. The Hall–Kier alpha value is -4.53. The average molecular weight is 457 g/mol. The number of nitrogens with two attached hydrogens (primary N) is 2. The quantitative estimate of drug-likeness (QED) is 0.299. The Morgan fingerprint density at radius 2 is 1.29 bits per heavy atom. The van der Waals surface area contributed by atoms with Crippen LogP contribution in [-0.2, 0) is 0 Å². The molecule has 0 saturated carbocycles. The van der Waals surface area contributed by atoms with Crippen molar-refractivity contribution in [3.63, 3.8) is 0 Å². The molecule has 0 saturated heterocycles. The number of aromatic nitrogens is 4. The number of benzene rings is 2. The summed E-state index contributed by atoms with van der Waals surface area (Å²) in [5.41, 5.74) is 15.1. The van der Waals surface area contributed by atoms with Gasteiger partial charge in [-0.3, -0.25) is 14.4 Å². The number of nitrogens with one attached hydrogen (secondary N) is 2. The fraction of sp³-hybridized carbons (Fsp3) is 0.160. The van der Waals surface area contributed by atoms with Gasteiger partial charge in [0.05, 0.1) is 42.4 Å². The van der Waals surface area contributed by atoms with Crippen molar-refractivity contribution in [2.75, 3.05) is 0 Å². The van der Waals surface area contributed by atoms with Crippen LogP contribution in [0.3, 0.4) is 0 Å². The Bertz CT molecular complexity index is 1360. The number of carbonyl (C=O) groups is 3. The first-order valence-corrected chi connectivity index (χ1v) is 10.7. The second kappa shape index (κ2) is 9.14. The van der Waals surface area contributed by atoms with Crippen molar-refractivity contribution in [1.82, 2.24) is 19.9 Å². The molecule has 2 amide bonds. The number of ketones is 1. The molecule has 0 fully saturated rings. The smallest absolute Gasteiger partial charge is 0.249 e. The van der Waals surface area contributed by atoms with E-state index in [2.05, 4.69) is 19.9 Å². The van der Waals surface area contributed by atoms with E-state index in [1.165, 1.54) is 12.4 Å². The maximum Gasteiger partial charge on any atom is 0.249 e. The number of aromatic amines is 2. The number of amides is 2. The lowest BCUT2D eigenvalue weighted by Gasteiger charge is -2.24. The molecule has 0 aliphatic heterocycles. The molecule has 2 aromatic heterocycles. The molecular formula is C25H24N6O3. The van der Waals surface area contributed by atoms with E-state index in [4.69, 9.17) is 11.5 Å². The molecule has 0 bridgehead atoms. The lowest BCUT2D eigenvalue weighted by atomic mass is 9.78. The van der Waals surface area contributed by atoms with E-state index < -0.39 is 17.7 Å². The van der Waals surface area contributed by atoms with Gasteiger partial charge in [-0.25, -0.2) is 9.97 Å². The minimum absolute atomic E-state index is 0.101. The number of imidazole rings is 2. The molecular weight excluding hydrogens is 432 g/mol. The first kappa shape index (κ1) is 22.7. The summed E-state index contributed by atoms with van der Waals surface area (Å²) in [6, 6.07) is 9.95. The summed E-state index contributed by atoms with van der Waals surface area (Å²) < 4.78 is 0. The Balaban J connectivity index is 1.89. The average Bonchev–Trinajstić information content (AvgIpc) is 3.53. The van der Waals surface area contributed by atoms with Crippen LogP contribution in [-0.4, -0.2) is 37.5 Å². The SMILES string of the molecule is CC(C)C(C(=O)c1cc(-c2cnc[nH]2)ccc1C(N)=O)c1cc(-c2cnc[nH]2)ccc1C(N)=O. The summed E-state index contributed by atoms with van der Waals surface area (Å²) >= 11 is 0. The third kappa shape index (κ3) is 4.23. The predicted octanol–water partition coefficient (Wildman–Crippen LogP) is 3.29. The van der Waals surface area contributed by atoms with Gasteiger partial charge in [0.2, 0.25) is 11.8 Å². The number of hydrogen-bond donors (Lipinski definition) is 4. The highest BCUT2D eigenvalue weighted by molar-refractivity contribution is 6.11. The van der Waals surface area contributed by atoms with Crippen molar-refractivity contribution in [2.24, 2.45) is 17.4 Å². The Morgan fingerprint density at radius 3 is 1.76 bits per heavy atom. The standard InChI is InChI=1S/C25H24N6O3/c1-13(2)22(18-7-14(20-9-28-11-30-20)3-5-16(18)24(26)33)23(32)19-8-15(21-10-29-12-31-21)4-6-17(19)25(27)34/h3-13,22H,1-2H3,(H2,26,33)(H2,27,34)(H,28,30)(H,29,31). The van der Waals surface area contributed by atoms with Crippen molar-refractivity contribution in [1.29, 1.82) is 0 Å². The van der Waals surface area contributed by atoms with Gasteiger partial charge in [0, 0.05) is 22.3 Å². The Labute approximate surface area is 195 Å². The topological polar surface area (TPSA) is 161 Å². The van der Waals surface area contributed by atoms with E-state index in [9.17, 15) is 14.4 Å². The molecule has 4 aromatic rings. The number of nitrogens with zero attached hydrogens (tertiary/aromatic N) is 2. The number of rotatable bonds is 8. The monoisotopic (exact) mass is 456 g/mol. The molecule has 9 nitrogen and oxygen atoms in total. The van der Waals surface area contributed by atoms with E-state index in [-0.39, 0.29) is 28.4 Å². The number of Topliss-reactive ketones (excluding diaryl/α,β-unsaturated/α-hetero) is 1. The minimum atomic E-state index is -0.763. The van der Waals surface area contributed by atoms with Gasteiger partial charge in [-0.2, -0.15) is 0 Å². The fourth-order valence-corrected chi connectivity index (χ4v) is 4.14. The zero-order chi connectivity index (χ0) is 24.4. The molecule has 0 aliphatic rings. The molecule has 0 radical (unpaired) electrons. The minimum Gasteiger partial charge on any atom is -0.366 e. The van der Waals surface area contributed by atoms with Crippen LogP contribution < -0.4 is 11.5 Å². The van der Waals surface area contributed by atoms with Crippen LogP contribution in [0.4, 0.5) is 0 Å². The highest BCUT2D eigenvalue weighted by Crippen LogP contribution is 2.35. The van der Waals surface area contributed by atoms with Crippen molar-refractivity contribution in [3.8, 4) is 22.5 Å². The van der Waals surface area contributed by atoms with Gasteiger partial charge in [-0.15, -0.1) is 0 Å². The van der Waals surface area contributed by atoms with Crippen LogP contribution in [0.5, 0.6) is 0 Å². The van der Waals surface area contributed by atoms with Gasteiger partial charge < -0.3 is 21.4 Å². The normalized spacial score (nSPS) is 12.0. The van der Waals surface area contributed by atoms with Crippen molar-refractivity contribution >= 4 is 17.6 Å². The Kier molecular flexibility index (Phi) is 6.09. The number of H-pyrrole nitrogens is 2. The molecule has 2 heterocycles. The van der Waals surface area contributed by atoms with E-state index in [0.717, 1.165) is 11.3 Å². The third-order valence-corrected chi connectivity index (χ3v) is 5.77. The summed E-state index contributed by atoms with van der Waals surface area (Å²) in [4.78, 5) is 52.6. The van der Waals surface area contributed by atoms with Gasteiger partial charge in [0.1, 0.15) is 0 Å². The number of hydrogen-bond acceptors (Lipinski definition) is 5. The summed E-state index contributed by atoms with van der Waals surface area (Å²) in [6.07, 6.45) is 6.33. The lowest BCUT2D eigenvalue weighted by molar-refractivity contribution is 0.0921. The summed E-state index contributed by atoms with van der Waals surface area (Å²) in [7, 11) is 0. The van der Waals surface area contributed by atoms with Gasteiger partial charge in [0.25, 0.3) is 0 Å². The van der Waals surface area contributed by atoms with E-state index in [1.54, 1.807) is 49.1 Å². The summed E-state index contributed by atoms with van der Waals surface area (Å²) in [5, 5.41) is 0. The van der Waals surface area contributed by atoms with Crippen LogP contribution in [0.1, 0.15) is 56.4 Å².